The molecular weight excluding hydrogens is 282 g/mol. The van der Waals surface area contributed by atoms with E-state index < -0.39 is 0 Å². The molecule has 0 radical (unpaired) electrons. The van der Waals surface area contributed by atoms with E-state index in [1.807, 2.05) is 33.0 Å². The predicted octanol–water partition coefficient (Wildman–Crippen LogP) is 2.68. The average Bonchev–Trinajstić information content (AvgIpc) is 2.58. The lowest BCUT2D eigenvalue weighted by Gasteiger charge is -2.14. The molecule has 1 saturated heterocycles. The summed E-state index contributed by atoms with van der Waals surface area (Å²) in [5.74, 6) is 0.847. The van der Waals surface area contributed by atoms with Crippen molar-refractivity contribution in [2.45, 2.75) is 26.4 Å². The molecule has 17 heavy (non-hydrogen) atoms. The SMILES string of the molecule is Cc1cc(OC2CCN(C)C2=O)cc(C)c1Br. The third-order valence-electron chi connectivity index (χ3n) is 3.07. The second-order valence-corrected chi connectivity index (χ2v) is 5.32. The fourth-order valence-corrected chi connectivity index (χ4v) is 2.27. The average molecular weight is 298 g/mol. The number of hydrogen-bond donors (Lipinski definition) is 0. The molecule has 1 heterocycles. The topological polar surface area (TPSA) is 29.5 Å². The van der Waals surface area contributed by atoms with E-state index in [1.54, 1.807) is 4.90 Å². The van der Waals surface area contributed by atoms with Gasteiger partial charge in [-0.1, -0.05) is 15.9 Å². The van der Waals surface area contributed by atoms with Crippen molar-refractivity contribution < 1.29 is 9.53 Å². The van der Waals surface area contributed by atoms with Crippen LogP contribution in [0.1, 0.15) is 17.5 Å². The molecule has 1 aliphatic rings. The Morgan fingerprint density at radius 2 is 1.94 bits per heavy atom. The van der Waals surface area contributed by atoms with Gasteiger partial charge in [0.2, 0.25) is 0 Å². The van der Waals surface area contributed by atoms with Gasteiger partial charge in [-0.2, -0.15) is 0 Å². The van der Waals surface area contributed by atoms with E-state index in [4.69, 9.17) is 4.74 Å². The molecule has 0 aromatic heterocycles. The molecule has 1 atom stereocenters. The molecule has 1 fully saturated rings. The van der Waals surface area contributed by atoms with Crippen LogP contribution in [0, 0.1) is 13.8 Å². The van der Waals surface area contributed by atoms with Crippen molar-refractivity contribution in [3.63, 3.8) is 0 Å². The zero-order chi connectivity index (χ0) is 12.6. The Hall–Kier alpha value is -1.03. The van der Waals surface area contributed by atoms with Gasteiger partial charge in [0.05, 0.1) is 0 Å². The summed E-state index contributed by atoms with van der Waals surface area (Å²) >= 11 is 3.52. The van der Waals surface area contributed by atoms with Crippen LogP contribution in [0.5, 0.6) is 5.75 Å². The summed E-state index contributed by atoms with van der Waals surface area (Å²) in [6.45, 7) is 4.82. The molecular formula is C13H16BrNO2. The number of aryl methyl sites for hydroxylation is 2. The number of likely N-dealkylation sites (N-methyl/N-ethyl adjacent to an activating group) is 1. The van der Waals surface area contributed by atoms with Crippen LogP contribution in [0.15, 0.2) is 16.6 Å². The van der Waals surface area contributed by atoms with Crippen molar-refractivity contribution in [2.75, 3.05) is 13.6 Å². The first-order valence-electron chi connectivity index (χ1n) is 5.67. The smallest absolute Gasteiger partial charge is 0.263 e. The van der Waals surface area contributed by atoms with E-state index >= 15 is 0 Å². The van der Waals surface area contributed by atoms with Crippen molar-refractivity contribution in [1.82, 2.24) is 4.90 Å². The normalized spacial score (nSPS) is 19.9. The number of benzene rings is 1. The molecule has 1 unspecified atom stereocenters. The molecule has 0 bridgehead atoms. The molecule has 0 aliphatic carbocycles. The zero-order valence-electron chi connectivity index (χ0n) is 10.3. The van der Waals surface area contributed by atoms with Gasteiger partial charge in [0.15, 0.2) is 6.10 Å². The van der Waals surface area contributed by atoms with E-state index in [0.717, 1.165) is 34.3 Å². The number of likely N-dealkylation sites (tertiary alicyclic amines) is 1. The maximum Gasteiger partial charge on any atom is 0.263 e. The summed E-state index contributed by atoms with van der Waals surface area (Å²) in [5, 5.41) is 0. The predicted molar refractivity (Wildman–Crippen MR) is 70.3 cm³/mol. The molecule has 1 aromatic rings. The number of nitrogens with zero attached hydrogens (tertiary/aromatic N) is 1. The summed E-state index contributed by atoms with van der Waals surface area (Å²) in [5.41, 5.74) is 2.25. The second kappa shape index (κ2) is 4.69. The van der Waals surface area contributed by atoms with Gasteiger partial charge in [-0.05, 0) is 37.1 Å². The number of ether oxygens (including phenoxy) is 1. The molecule has 1 aliphatic heterocycles. The van der Waals surface area contributed by atoms with Crippen LogP contribution in [-0.2, 0) is 4.79 Å². The number of hydrogen-bond acceptors (Lipinski definition) is 2. The molecule has 4 heteroatoms. The van der Waals surface area contributed by atoms with Crippen LogP contribution in [0.4, 0.5) is 0 Å². The van der Waals surface area contributed by atoms with Crippen LogP contribution in [0.3, 0.4) is 0 Å². The highest BCUT2D eigenvalue weighted by molar-refractivity contribution is 9.10. The molecule has 3 nitrogen and oxygen atoms in total. The van der Waals surface area contributed by atoms with Gasteiger partial charge in [-0.15, -0.1) is 0 Å². The van der Waals surface area contributed by atoms with Gasteiger partial charge in [-0.25, -0.2) is 0 Å². The minimum absolute atomic E-state index is 0.0724. The summed E-state index contributed by atoms with van der Waals surface area (Å²) in [6, 6.07) is 3.92. The van der Waals surface area contributed by atoms with Crippen LogP contribution in [0.25, 0.3) is 0 Å². The molecule has 0 spiro atoms. The first-order valence-corrected chi connectivity index (χ1v) is 6.46. The largest absolute Gasteiger partial charge is 0.481 e. The van der Waals surface area contributed by atoms with Crippen molar-refractivity contribution in [3.05, 3.63) is 27.7 Å². The highest BCUT2D eigenvalue weighted by Crippen LogP contribution is 2.28. The third kappa shape index (κ3) is 2.46. The van der Waals surface area contributed by atoms with E-state index in [0.29, 0.717) is 0 Å². The lowest BCUT2D eigenvalue weighted by Crippen LogP contribution is -2.29. The minimum atomic E-state index is -0.319. The Kier molecular flexibility index (Phi) is 3.43. The lowest BCUT2D eigenvalue weighted by molar-refractivity contribution is -0.132. The van der Waals surface area contributed by atoms with Crippen molar-refractivity contribution >= 4 is 21.8 Å². The van der Waals surface area contributed by atoms with Gasteiger partial charge < -0.3 is 9.64 Å². The van der Waals surface area contributed by atoms with Gasteiger partial charge in [0.25, 0.3) is 5.91 Å². The highest BCUT2D eigenvalue weighted by Gasteiger charge is 2.30. The van der Waals surface area contributed by atoms with Crippen molar-refractivity contribution in [1.29, 1.82) is 0 Å². The number of amides is 1. The Morgan fingerprint density at radius 3 is 2.41 bits per heavy atom. The fraction of sp³-hybridized carbons (Fsp3) is 0.462. The number of halogens is 1. The first kappa shape index (κ1) is 12.4. The maximum atomic E-state index is 11.7. The maximum absolute atomic E-state index is 11.7. The standard InChI is InChI=1S/C13H16BrNO2/c1-8-6-10(7-9(2)12(8)14)17-11-4-5-15(3)13(11)16/h6-7,11H,4-5H2,1-3H3. The Bertz CT molecular complexity index is 436. The van der Waals surface area contributed by atoms with Gasteiger partial charge in [-0.3, -0.25) is 4.79 Å². The van der Waals surface area contributed by atoms with E-state index in [1.165, 1.54) is 0 Å². The third-order valence-corrected chi connectivity index (χ3v) is 4.32. The number of carbonyl (C=O) groups is 1. The van der Waals surface area contributed by atoms with E-state index in [2.05, 4.69) is 15.9 Å². The van der Waals surface area contributed by atoms with Crippen molar-refractivity contribution in [3.8, 4) is 5.75 Å². The van der Waals surface area contributed by atoms with Gasteiger partial charge in [0, 0.05) is 24.5 Å². The number of carbonyl (C=O) groups excluding carboxylic acids is 1. The Balaban J connectivity index is 2.17. The molecule has 1 aromatic carbocycles. The molecule has 1 amide bonds. The summed E-state index contributed by atoms with van der Waals surface area (Å²) in [4.78, 5) is 13.4. The summed E-state index contributed by atoms with van der Waals surface area (Å²) in [6.07, 6.45) is 0.448. The van der Waals surface area contributed by atoms with Crippen molar-refractivity contribution in [2.24, 2.45) is 0 Å². The first-order chi connectivity index (χ1) is 7.99. The van der Waals surface area contributed by atoms with Gasteiger partial charge >= 0.3 is 0 Å². The van der Waals surface area contributed by atoms with Crippen LogP contribution < -0.4 is 4.74 Å². The van der Waals surface area contributed by atoms with Gasteiger partial charge in [0.1, 0.15) is 5.75 Å². The Morgan fingerprint density at radius 1 is 1.35 bits per heavy atom. The second-order valence-electron chi connectivity index (χ2n) is 4.53. The fourth-order valence-electron chi connectivity index (χ4n) is 2.04. The lowest BCUT2D eigenvalue weighted by atomic mass is 10.1. The van der Waals surface area contributed by atoms with E-state index in [-0.39, 0.29) is 12.0 Å². The minimum Gasteiger partial charge on any atom is -0.481 e. The van der Waals surface area contributed by atoms with Crippen LogP contribution in [0.2, 0.25) is 0 Å². The van der Waals surface area contributed by atoms with Crippen LogP contribution in [-0.4, -0.2) is 30.5 Å². The highest BCUT2D eigenvalue weighted by atomic mass is 79.9. The molecule has 2 rings (SSSR count). The van der Waals surface area contributed by atoms with Crippen LogP contribution >= 0.6 is 15.9 Å². The number of rotatable bonds is 2. The van der Waals surface area contributed by atoms with E-state index in [9.17, 15) is 4.79 Å². The summed E-state index contributed by atoms with van der Waals surface area (Å²) < 4.78 is 6.86. The molecule has 0 N–H and O–H groups in total. The molecule has 92 valence electrons. The molecule has 0 saturated carbocycles. The summed E-state index contributed by atoms with van der Waals surface area (Å²) in [7, 11) is 1.81. The zero-order valence-corrected chi connectivity index (χ0v) is 11.9. The monoisotopic (exact) mass is 297 g/mol. The Labute approximate surface area is 110 Å². The quantitative estimate of drug-likeness (QED) is 0.840.